The van der Waals surface area contributed by atoms with Gasteiger partial charge in [-0.05, 0) is 0 Å². The number of nitrogens with zero attached hydrogens (tertiary/aromatic N) is 4. The van der Waals surface area contributed by atoms with Crippen LogP contribution < -0.4 is 9.47 Å². The van der Waals surface area contributed by atoms with Crippen LogP contribution in [0.4, 0.5) is 0 Å². The summed E-state index contributed by atoms with van der Waals surface area (Å²) in [5, 5.41) is 11.4. The summed E-state index contributed by atoms with van der Waals surface area (Å²) >= 11 is 0. The van der Waals surface area contributed by atoms with E-state index in [2.05, 4.69) is 15.3 Å². The third kappa shape index (κ3) is 2.39. The molecule has 0 aromatic carbocycles. The summed E-state index contributed by atoms with van der Waals surface area (Å²) in [5.74, 6) is 1.20. The number of aryl methyl sites for hydroxylation is 1. The molecule has 0 spiro atoms. The van der Waals surface area contributed by atoms with Crippen molar-refractivity contribution in [1.82, 2.24) is 20.0 Å². The summed E-state index contributed by atoms with van der Waals surface area (Å²) in [6.45, 7) is 0. The van der Waals surface area contributed by atoms with Gasteiger partial charge in [0.2, 0.25) is 11.8 Å². The number of methoxy groups -OCH3 is 1. The molecular weight excluding hydrogens is 224 g/mol. The van der Waals surface area contributed by atoms with Crippen molar-refractivity contribution in [2.75, 3.05) is 7.11 Å². The Hall–Kier alpha value is -2.44. The van der Waals surface area contributed by atoms with Crippen LogP contribution in [0.2, 0.25) is 0 Å². The van der Waals surface area contributed by atoms with Gasteiger partial charge in [0.05, 0.1) is 13.3 Å². The Morgan fingerprint density at radius 1 is 1.41 bits per heavy atom. The Bertz CT molecular complexity index is 538. The van der Waals surface area contributed by atoms with E-state index in [1.807, 2.05) is 0 Å². The number of aldehydes is 1. The van der Waals surface area contributed by atoms with Crippen molar-refractivity contribution in [1.29, 1.82) is 0 Å². The fraction of sp³-hybridized carbons (Fsp3) is 0.200. The molecular formula is C10H10N4O3. The van der Waals surface area contributed by atoms with Gasteiger partial charge in [0.1, 0.15) is 11.4 Å². The van der Waals surface area contributed by atoms with E-state index < -0.39 is 0 Å². The van der Waals surface area contributed by atoms with E-state index >= 15 is 0 Å². The van der Waals surface area contributed by atoms with Crippen LogP contribution >= 0.6 is 0 Å². The molecule has 0 radical (unpaired) electrons. The average Bonchev–Trinajstić information content (AvgIpc) is 2.70. The lowest BCUT2D eigenvalue weighted by molar-refractivity contribution is 0.111. The molecule has 0 amide bonds. The van der Waals surface area contributed by atoms with Crippen LogP contribution in [0.1, 0.15) is 10.5 Å². The Balaban J connectivity index is 2.24. The first kappa shape index (κ1) is 11.1. The van der Waals surface area contributed by atoms with Gasteiger partial charge >= 0.3 is 0 Å². The van der Waals surface area contributed by atoms with Gasteiger partial charge in [0.15, 0.2) is 6.29 Å². The number of aromatic nitrogens is 4. The number of carbonyl (C=O) groups is 1. The highest BCUT2D eigenvalue weighted by Crippen LogP contribution is 2.21. The first-order valence-electron chi connectivity index (χ1n) is 4.76. The lowest BCUT2D eigenvalue weighted by atomic mass is 10.5. The third-order valence-electron chi connectivity index (χ3n) is 2.03. The van der Waals surface area contributed by atoms with Gasteiger partial charge in [-0.3, -0.25) is 4.79 Å². The van der Waals surface area contributed by atoms with Gasteiger partial charge in [-0.25, -0.2) is 4.68 Å². The SMILES string of the molecule is COc1cnnc(Oc2cc(C=O)nn2C)c1. The second-order valence-electron chi connectivity index (χ2n) is 3.18. The van der Waals surface area contributed by atoms with E-state index in [4.69, 9.17) is 9.47 Å². The highest BCUT2D eigenvalue weighted by atomic mass is 16.5. The smallest absolute Gasteiger partial charge is 0.244 e. The van der Waals surface area contributed by atoms with Crippen LogP contribution in [0.25, 0.3) is 0 Å². The number of ether oxygens (including phenoxy) is 2. The van der Waals surface area contributed by atoms with Crippen molar-refractivity contribution >= 4 is 6.29 Å². The van der Waals surface area contributed by atoms with E-state index in [0.29, 0.717) is 23.6 Å². The number of rotatable bonds is 4. The van der Waals surface area contributed by atoms with Crippen molar-refractivity contribution in [2.24, 2.45) is 7.05 Å². The van der Waals surface area contributed by atoms with Crippen LogP contribution in [0, 0.1) is 0 Å². The molecule has 2 aromatic rings. The van der Waals surface area contributed by atoms with Gasteiger partial charge in [0, 0.05) is 19.2 Å². The fourth-order valence-electron chi connectivity index (χ4n) is 1.22. The first-order valence-corrected chi connectivity index (χ1v) is 4.76. The number of hydrogen-bond acceptors (Lipinski definition) is 6. The van der Waals surface area contributed by atoms with Crippen LogP contribution in [-0.4, -0.2) is 33.4 Å². The van der Waals surface area contributed by atoms with E-state index in [1.54, 1.807) is 13.1 Å². The van der Waals surface area contributed by atoms with E-state index in [1.165, 1.54) is 24.1 Å². The predicted octanol–water partition coefficient (Wildman–Crippen LogP) is 0.823. The molecule has 0 aliphatic carbocycles. The largest absolute Gasteiger partial charge is 0.495 e. The summed E-state index contributed by atoms with van der Waals surface area (Å²) in [7, 11) is 3.19. The maximum absolute atomic E-state index is 10.5. The zero-order valence-electron chi connectivity index (χ0n) is 9.32. The molecule has 0 aliphatic heterocycles. The van der Waals surface area contributed by atoms with Crippen molar-refractivity contribution in [3.63, 3.8) is 0 Å². The Morgan fingerprint density at radius 3 is 2.88 bits per heavy atom. The Kier molecular flexibility index (Phi) is 2.99. The molecule has 0 unspecified atom stereocenters. The molecule has 0 aliphatic rings. The number of hydrogen-bond donors (Lipinski definition) is 0. The minimum absolute atomic E-state index is 0.268. The molecule has 0 fully saturated rings. The molecule has 2 aromatic heterocycles. The minimum atomic E-state index is 0.268. The van der Waals surface area contributed by atoms with Crippen LogP contribution in [0.15, 0.2) is 18.3 Å². The summed E-state index contributed by atoms with van der Waals surface area (Å²) in [4.78, 5) is 10.5. The van der Waals surface area contributed by atoms with Crippen molar-refractivity contribution < 1.29 is 14.3 Å². The molecule has 7 nitrogen and oxygen atoms in total. The Labute approximate surface area is 97.0 Å². The summed E-state index contributed by atoms with van der Waals surface area (Å²) in [6, 6.07) is 3.09. The van der Waals surface area contributed by atoms with E-state index in [-0.39, 0.29) is 5.88 Å². The second-order valence-corrected chi connectivity index (χ2v) is 3.18. The molecule has 2 rings (SSSR count). The monoisotopic (exact) mass is 234 g/mol. The average molecular weight is 234 g/mol. The summed E-state index contributed by atoms with van der Waals surface area (Å²) in [5.41, 5.74) is 0.290. The first-order chi connectivity index (χ1) is 8.22. The minimum Gasteiger partial charge on any atom is -0.495 e. The van der Waals surface area contributed by atoms with Gasteiger partial charge in [0.25, 0.3) is 0 Å². The van der Waals surface area contributed by atoms with Gasteiger partial charge in [-0.2, -0.15) is 10.2 Å². The molecule has 2 heterocycles. The van der Waals surface area contributed by atoms with Crippen LogP contribution in [0.5, 0.6) is 17.5 Å². The van der Waals surface area contributed by atoms with Crippen LogP contribution in [-0.2, 0) is 7.05 Å². The zero-order chi connectivity index (χ0) is 12.3. The van der Waals surface area contributed by atoms with Crippen LogP contribution in [0.3, 0.4) is 0 Å². The highest BCUT2D eigenvalue weighted by molar-refractivity contribution is 5.72. The summed E-state index contributed by atoms with van der Waals surface area (Å²) in [6.07, 6.45) is 2.11. The predicted molar refractivity (Wildman–Crippen MR) is 57.3 cm³/mol. The van der Waals surface area contributed by atoms with Gasteiger partial charge < -0.3 is 9.47 Å². The normalized spacial score (nSPS) is 10.0. The fourth-order valence-corrected chi connectivity index (χ4v) is 1.22. The maximum atomic E-state index is 10.5. The molecule has 0 bridgehead atoms. The highest BCUT2D eigenvalue weighted by Gasteiger charge is 2.08. The molecule has 0 N–H and O–H groups in total. The molecule has 0 saturated heterocycles. The van der Waals surface area contributed by atoms with Crippen molar-refractivity contribution in [2.45, 2.75) is 0 Å². The lowest BCUT2D eigenvalue weighted by Crippen LogP contribution is -1.97. The molecule has 0 atom stereocenters. The Morgan fingerprint density at radius 2 is 2.24 bits per heavy atom. The maximum Gasteiger partial charge on any atom is 0.244 e. The molecule has 88 valence electrons. The van der Waals surface area contributed by atoms with Crippen molar-refractivity contribution in [3.8, 4) is 17.5 Å². The lowest BCUT2D eigenvalue weighted by Gasteiger charge is -2.04. The molecule has 17 heavy (non-hydrogen) atoms. The third-order valence-corrected chi connectivity index (χ3v) is 2.03. The molecule has 7 heteroatoms. The van der Waals surface area contributed by atoms with E-state index in [9.17, 15) is 4.79 Å². The second kappa shape index (κ2) is 4.60. The van der Waals surface area contributed by atoms with Gasteiger partial charge in [-0.1, -0.05) is 0 Å². The van der Waals surface area contributed by atoms with Crippen molar-refractivity contribution in [3.05, 3.63) is 24.0 Å². The van der Waals surface area contributed by atoms with E-state index in [0.717, 1.165) is 0 Å². The van der Waals surface area contributed by atoms with Gasteiger partial charge in [-0.15, -0.1) is 5.10 Å². The quantitative estimate of drug-likeness (QED) is 0.729. The standard InChI is InChI=1S/C10H10N4O3/c1-14-10(3-7(6-15)13-14)17-9-4-8(16-2)5-11-12-9/h3-6H,1-2H3. The zero-order valence-corrected chi connectivity index (χ0v) is 9.32. The topological polar surface area (TPSA) is 79.1 Å². The summed E-state index contributed by atoms with van der Waals surface area (Å²) < 4.78 is 11.8. The number of carbonyl (C=O) groups excluding carboxylic acids is 1. The molecule has 0 saturated carbocycles.